The maximum Gasteiger partial charge on any atom is 0.191 e. The lowest BCUT2D eigenvalue weighted by Gasteiger charge is -2.17. The fourth-order valence-electron chi connectivity index (χ4n) is 1.82. The summed E-state index contributed by atoms with van der Waals surface area (Å²) >= 11 is 0. The van der Waals surface area contributed by atoms with Crippen molar-refractivity contribution in [2.75, 3.05) is 20.8 Å². The molecule has 0 heterocycles. The van der Waals surface area contributed by atoms with Crippen LogP contribution in [0.25, 0.3) is 0 Å². The Hall–Kier alpha value is -1.18. The first-order valence-corrected chi connectivity index (χ1v) is 7.41. The lowest BCUT2D eigenvalue weighted by atomic mass is 10.2. The zero-order chi connectivity index (χ0) is 15.7. The Labute approximate surface area is 150 Å². The predicted molar refractivity (Wildman–Crippen MR) is 103 cm³/mol. The molecule has 0 spiro atoms. The summed E-state index contributed by atoms with van der Waals surface area (Å²) in [7, 11) is 3.42. The average Bonchev–Trinajstić information content (AvgIpc) is 2.51. The third kappa shape index (κ3) is 6.72. The monoisotopic (exact) mass is 421 g/mol. The summed E-state index contributed by atoms with van der Waals surface area (Å²) in [6.45, 7) is 7.53. The second-order valence-electron chi connectivity index (χ2n) is 4.80. The van der Waals surface area contributed by atoms with E-state index in [9.17, 15) is 0 Å². The molecule has 0 aliphatic heterocycles. The lowest BCUT2D eigenvalue weighted by Crippen LogP contribution is -2.41. The van der Waals surface area contributed by atoms with Crippen molar-refractivity contribution in [2.24, 2.45) is 4.99 Å². The molecule has 0 aliphatic rings. The van der Waals surface area contributed by atoms with Crippen molar-refractivity contribution in [3.63, 3.8) is 0 Å². The summed E-state index contributed by atoms with van der Waals surface area (Å²) in [6, 6.07) is 6.33. The van der Waals surface area contributed by atoms with Gasteiger partial charge in [-0.05, 0) is 38.0 Å². The number of benzene rings is 1. The zero-order valence-electron chi connectivity index (χ0n) is 14.1. The van der Waals surface area contributed by atoms with Gasteiger partial charge in [0.25, 0.3) is 0 Å². The normalized spacial score (nSPS) is 12.1. The van der Waals surface area contributed by atoms with Crippen LogP contribution in [0.4, 0.5) is 0 Å². The molecular formula is C16H28IN3O2. The van der Waals surface area contributed by atoms with Gasteiger partial charge in [-0.15, -0.1) is 24.0 Å². The lowest BCUT2D eigenvalue weighted by molar-refractivity contribution is 0.310. The molecule has 1 unspecified atom stereocenters. The number of hydrogen-bond donors (Lipinski definition) is 2. The summed E-state index contributed by atoms with van der Waals surface area (Å²) < 4.78 is 10.9. The minimum atomic E-state index is 0. The van der Waals surface area contributed by atoms with Crippen LogP contribution in [0.15, 0.2) is 23.2 Å². The number of aliphatic imine (C=N–C) groups is 1. The number of hydrogen-bond acceptors (Lipinski definition) is 3. The maximum absolute atomic E-state index is 5.58. The molecule has 1 aromatic carbocycles. The van der Waals surface area contributed by atoms with Crippen LogP contribution in [0, 0.1) is 0 Å². The molecular weight excluding hydrogens is 393 g/mol. The van der Waals surface area contributed by atoms with Gasteiger partial charge in [-0.2, -0.15) is 0 Å². The Kier molecular flexibility index (Phi) is 10.8. The Bertz CT molecular complexity index is 467. The molecule has 1 rings (SSSR count). The molecule has 5 nitrogen and oxygen atoms in total. The van der Waals surface area contributed by atoms with Crippen molar-refractivity contribution in [3.05, 3.63) is 23.8 Å². The van der Waals surface area contributed by atoms with Crippen LogP contribution in [0.1, 0.15) is 32.8 Å². The first-order chi connectivity index (χ1) is 10.1. The van der Waals surface area contributed by atoms with Crippen LogP contribution in [0.5, 0.6) is 11.5 Å². The first kappa shape index (κ1) is 20.8. The van der Waals surface area contributed by atoms with Gasteiger partial charge >= 0.3 is 0 Å². The maximum atomic E-state index is 5.58. The van der Waals surface area contributed by atoms with Crippen LogP contribution in [0.3, 0.4) is 0 Å². The minimum Gasteiger partial charge on any atom is -0.493 e. The number of methoxy groups -OCH3 is 1. The van der Waals surface area contributed by atoms with Crippen molar-refractivity contribution in [1.82, 2.24) is 10.6 Å². The van der Waals surface area contributed by atoms with Crippen molar-refractivity contribution in [3.8, 4) is 11.5 Å². The molecule has 0 fully saturated rings. The fourth-order valence-corrected chi connectivity index (χ4v) is 1.82. The number of nitrogens with one attached hydrogen (secondary N) is 2. The first-order valence-electron chi connectivity index (χ1n) is 7.41. The van der Waals surface area contributed by atoms with Crippen LogP contribution < -0.4 is 20.1 Å². The van der Waals surface area contributed by atoms with Gasteiger partial charge < -0.3 is 20.1 Å². The van der Waals surface area contributed by atoms with E-state index in [2.05, 4.69) is 29.5 Å². The molecule has 126 valence electrons. The van der Waals surface area contributed by atoms with E-state index < -0.39 is 0 Å². The van der Waals surface area contributed by atoms with Gasteiger partial charge in [0.05, 0.1) is 13.7 Å². The number of rotatable bonds is 7. The number of nitrogens with zero attached hydrogens (tertiary/aromatic N) is 1. The predicted octanol–water partition coefficient (Wildman–Crippen LogP) is 3.18. The quantitative estimate of drug-likeness (QED) is 0.404. The van der Waals surface area contributed by atoms with Gasteiger partial charge in [0.15, 0.2) is 17.5 Å². The van der Waals surface area contributed by atoms with Gasteiger partial charge in [0, 0.05) is 19.6 Å². The smallest absolute Gasteiger partial charge is 0.191 e. The summed E-state index contributed by atoms with van der Waals surface area (Å²) in [5, 5.41) is 6.63. The highest BCUT2D eigenvalue weighted by molar-refractivity contribution is 14.0. The highest BCUT2D eigenvalue weighted by atomic mass is 127. The van der Waals surface area contributed by atoms with Crippen LogP contribution in [0.2, 0.25) is 0 Å². The highest BCUT2D eigenvalue weighted by Gasteiger charge is 2.07. The summed E-state index contributed by atoms with van der Waals surface area (Å²) in [4.78, 5) is 4.22. The van der Waals surface area contributed by atoms with E-state index >= 15 is 0 Å². The van der Waals surface area contributed by atoms with Gasteiger partial charge in [-0.25, -0.2) is 0 Å². The Morgan fingerprint density at radius 2 is 2.00 bits per heavy atom. The number of ether oxygens (including phenoxy) is 2. The second kappa shape index (κ2) is 11.4. The average molecular weight is 421 g/mol. The van der Waals surface area contributed by atoms with E-state index in [1.54, 1.807) is 14.2 Å². The van der Waals surface area contributed by atoms with Crippen LogP contribution >= 0.6 is 24.0 Å². The van der Waals surface area contributed by atoms with E-state index in [0.29, 0.717) is 19.2 Å². The minimum absolute atomic E-state index is 0. The van der Waals surface area contributed by atoms with Gasteiger partial charge in [-0.1, -0.05) is 13.0 Å². The molecule has 1 atom stereocenters. The summed E-state index contributed by atoms with van der Waals surface area (Å²) in [5.74, 6) is 2.32. The number of guanidine groups is 1. The standard InChI is InChI=1S/C16H27N3O2.HI/c1-6-12(3)19-16(17-4)18-11-13-8-9-14(20-5)15(10-13)21-7-2;/h8-10,12H,6-7,11H2,1-5H3,(H2,17,18,19);1H. The molecule has 0 aliphatic carbocycles. The van der Waals surface area contributed by atoms with Crippen LogP contribution in [-0.4, -0.2) is 32.8 Å². The van der Waals surface area contributed by atoms with Gasteiger partial charge in [0.2, 0.25) is 0 Å². The van der Waals surface area contributed by atoms with E-state index in [1.807, 2.05) is 25.1 Å². The van der Waals surface area contributed by atoms with E-state index in [4.69, 9.17) is 9.47 Å². The molecule has 6 heteroatoms. The fraction of sp³-hybridized carbons (Fsp3) is 0.562. The largest absolute Gasteiger partial charge is 0.493 e. The molecule has 0 aromatic heterocycles. The topological polar surface area (TPSA) is 54.9 Å². The molecule has 0 saturated carbocycles. The van der Waals surface area contributed by atoms with E-state index in [-0.39, 0.29) is 24.0 Å². The molecule has 1 aromatic rings. The van der Waals surface area contributed by atoms with Crippen molar-refractivity contribution < 1.29 is 9.47 Å². The van der Waals surface area contributed by atoms with Crippen molar-refractivity contribution >= 4 is 29.9 Å². The van der Waals surface area contributed by atoms with Crippen molar-refractivity contribution in [1.29, 1.82) is 0 Å². The molecule has 0 amide bonds. The Morgan fingerprint density at radius 3 is 2.55 bits per heavy atom. The number of halogens is 1. The van der Waals surface area contributed by atoms with E-state index in [1.165, 1.54) is 0 Å². The van der Waals surface area contributed by atoms with Gasteiger partial charge in [0.1, 0.15) is 0 Å². The third-order valence-electron chi connectivity index (χ3n) is 3.21. The zero-order valence-corrected chi connectivity index (χ0v) is 16.4. The SMILES string of the molecule is CCOc1cc(CNC(=NC)NC(C)CC)ccc1OC.I. The van der Waals surface area contributed by atoms with E-state index in [0.717, 1.165) is 29.4 Å². The molecule has 22 heavy (non-hydrogen) atoms. The molecule has 0 radical (unpaired) electrons. The molecule has 2 N–H and O–H groups in total. The van der Waals surface area contributed by atoms with Crippen LogP contribution in [-0.2, 0) is 6.54 Å². The Balaban J connectivity index is 0.00000441. The van der Waals surface area contributed by atoms with Gasteiger partial charge in [-0.3, -0.25) is 4.99 Å². The molecule has 0 bridgehead atoms. The second-order valence-corrected chi connectivity index (χ2v) is 4.80. The highest BCUT2D eigenvalue weighted by Crippen LogP contribution is 2.27. The summed E-state index contributed by atoms with van der Waals surface area (Å²) in [5.41, 5.74) is 1.12. The third-order valence-corrected chi connectivity index (χ3v) is 3.21. The summed E-state index contributed by atoms with van der Waals surface area (Å²) in [6.07, 6.45) is 1.05. The Morgan fingerprint density at radius 1 is 1.27 bits per heavy atom. The molecule has 0 saturated heterocycles. The van der Waals surface area contributed by atoms with Crippen molar-refractivity contribution in [2.45, 2.75) is 39.8 Å².